The van der Waals surface area contributed by atoms with Crippen molar-refractivity contribution in [2.24, 2.45) is 0 Å². The standard InChI is InChI=1S/C12H14ClN/c1-9(13)6-7-10-8-14-12-5-3-2-4-11(10)12/h4-5,8,14H,1-3,6-7H2. The maximum absolute atomic E-state index is 5.76. The number of halogens is 1. The molecule has 1 aliphatic rings. The summed E-state index contributed by atoms with van der Waals surface area (Å²) in [5, 5.41) is 3.38. The van der Waals surface area contributed by atoms with E-state index in [1.54, 1.807) is 0 Å². The number of aryl methyl sites for hydroxylation is 1. The lowest BCUT2D eigenvalue weighted by Crippen LogP contribution is -2.26. The normalized spacial score (nSPS) is 14.1. The third kappa shape index (κ3) is 1.93. The first-order chi connectivity index (χ1) is 6.77. The summed E-state index contributed by atoms with van der Waals surface area (Å²) in [5.74, 6) is 0. The van der Waals surface area contributed by atoms with Crippen molar-refractivity contribution < 1.29 is 0 Å². The zero-order chi connectivity index (χ0) is 9.97. The van der Waals surface area contributed by atoms with Gasteiger partial charge in [-0.25, -0.2) is 0 Å². The van der Waals surface area contributed by atoms with Crippen LogP contribution in [0.4, 0.5) is 0 Å². The molecule has 0 fully saturated rings. The van der Waals surface area contributed by atoms with Gasteiger partial charge >= 0.3 is 0 Å². The van der Waals surface area contributed by atoms with Gasteiger partial charge in [-0.15, -0.1) is 0 Å². The lowest BCUT2D eigenvalue weighted by molar-refractivity contribution is 0.980. The van der Waals surface area contributed by atoms with Crippen molar-refractivity contribution >= 4 is 23.8 Å². The predicted molar refractivity (Wildman–Crippen MR) is 61.5 cm³/mol. The molecule has 14 heavy (non-hydrogen) atoms. The number of aromatic nitrogens is 1. The van der Waals surface area contributed by atoms with Crippen LogP contribution in [-0.2, 0) is 6.42 Å². The molecule has 1 N–H and O–H groups in total. The Kier molecular flexibility index (Phi) is 2.78. The molecule has 0 unspecified atom stereocenters. The maximum Gasteiger partial charge on any atom is 0.0413 e. The number of nitrogens with one attached hydrogen (secondary N) is 1. The average molecular weight is 208 g/mol. The van der Waals surface area contributed by atoms with E-state index in [4.69, 9.17) is 11.6 Å². The molecule has 0 saturated heterocycles. The SMILES string of the molecule is C=C(Cl)CCc1c[nH]c2c1=CCCC=2. The van der Waals surface area contributed by atoms with Crippen LogP contribution in [0.3, 0.4) is 0 Å². The van der Waals surface area contributed by atoms with Crippen LogP contribution in [-0.4, -0.2) is 4.98 Å². The molecule has 74 valence electrons. The fourth-order valence-electron chi connectivity index (χ4n) is 1.84. The third-order valence-corrected chi connectivity index (χ3v) is 2.76. The van der Waals surface area contributed by atoms with Gasteiger partial charge in [0.1, 0.15) is 0 Å². The highest BCUT2D eigenvalue weighted by Gasteiger charge is 2.02. The summed E-state index contributed by atoms with van der Waals surface area (Å²) in [6.45, 7) is 3.70. The van der Waals surface area contributed by atoms with Crippen molar-refractivity contribution in [3.05, 3.63) is 33.9 Å². The first-order valence-corrected chi connectivity index (χ1v) is 5.35. The Morgan fingerprint density at radius 2 is 2.21 bits per heavy atom. The average Bonchev–Trinajstić information content (AvgIpc) is 2.58. The molecule has 2 rings (SSSR count). The molecule has 0 amide bonds. The quantitative estimate of drug-likeness (QED) is 0.781. The molecule has 1 aliphatic carbocycles. The van der Waals surface area contributed by atoms with E-state index in [9.17, 15) is 0 Å². The van der Waals surface area contributed by atoms with Crippen LogP contribution in [0.1, 0.15) is 24.8 Å². The van der Waals surface area contributed by atoms with E-state index in [0.717, 1.165) is 30.7 Å². The first-order valence-electron chi connectivity index (χ1n) is 4.97. The van der Waals surface area contributed by atoms with Crippen molar-refractivity contribution in [1.82, 2.24) is 4.98 Å². The van der Waals surface area contributed by atoms with Gasteiger partial charge in [-0.3, -0.25) is 0 Å². The zero-order valence-electron chi connectivity index (χ0n) is 8.15. The van der Waals surface area contributed by atoms with Crippen molar-refractivity contribution in [2.75, 3.05) is 0 Å². The van der Waals surface area contributed by atoms with E-state index in [1.807, 2.05) is 0 Å². The second kappa shape index (κ2) is 4.05. The topological polar surface area (TPSA) is 15.8 Å². The molecule has 0 spiro atoms. The van der Waals surface area contributed by atoms with Crippen molar-refractivity contribution in [1.29, 1.82) is 0 Å². The maximum atomic E-state index is 5.76. The van der Waals surface area contributed by atoms with Gasteiger partial charge in [-0.05, 0) is 36.5 Å². The van der Waals surface area contributed by atoms with Gasteiger partial charge in [0.2, 0.25) is 0 Å². The summed E-state index contributed by atoms with van der Waals surface area (Å²) in [5.41, 5.74) is 1.36. The minimum Gasteiger partial charge on any atom is -0.361 e. The van der Waals surface area contributed by atoms with Gasteiger partial charge < -0.3 is 4.98 Å². The van der Waals surface area contributed by atoms with Gasteiger partial charge in [0.05, 0.1) is 0 Å². The second-order valence-corrected chi connectivity index (χ2v) is 4.18. The van der Waals surface area contributed by atoms with Crippen molar-refractivity contribution in [2.45, 2.75) is 25.7 Å². The lowest BCUT2D eigenvalue weighted by atomic mass is 10.1. The van der Waals surface area contributed by atoms with Crippen molar-refractivity contribution in [3.63, 3.8) is 0 Å². The van der Waals surface area contributed by atoms with E-state index in [-0.39, 0.29) is 0 Å². The fourth-order valence-corrected chi connectivity index (χ4v) is 1.93. The van der Waals surface area contributed by atoms with Crippen LogP contribution in [0.15, 0.2) is 17.8 Å². The minimum absolute atomic E-state index is 0.736. The Morgan fingerprint density at radius 3 is 3.00 bits per heavy atom. The zero-order valence-corrected chi connectivity index (χ0v) is 8.90. The van der Waals surface area contributed by atoms with E-state index in [2.05, 4.69) is 29.9 Å². The van der Waals surface area contributed by atoms with E-state index in [0.29, 0.717) is 0 Å². The second-order valence-electron chi connectivity index (χ2n) is 3.64. The molecular weight excluding hydrogens is 194 g/mol. The van der Waals surface area contributed by atoms with Crippen molar-refractivity contribution in [3.8, 4) is 0 Å². The van der Waals surface area contributed by atoms with Crippen LogP contribution >= 0.6 is 11.6 Å². The molecule has 0 atom stereocenters. The smallest absolute Gasteiger partial charge is 0.0413 e. The lowest BCUT2D eigenvalue weighted by Gasteiger charge is -1.98. The Balaban J connectivity index is 2.28. The molecule has 0 radical (unpaired) electrons. The molecule has 0 bridgehead atoms. The number of rotatable bonds is 3. The summed E-state index contributed by atoms with van der Waals surface area (Å²) < 4.78 is 0. The van der Waals surface area contributed by atoms with E-state index >= 15 is 0 Å². The minimum atomic E-state index is 0.736. The highest BCUT2D eigenvalue weighted by atomic mass is 35.5. The third-order valence-electron chi connectivity index (χ3n) is 2.57. The van der Waals surface area contributed by atoms with Crippen LogP contribution in [0, 0.1) is 0 Å². The number of hydrogen-bond donors (Lipinski definition) is 1. The number of hydrogen-bond acceptors (Lipinski definition) is 0. The van der Waals surface area contributed by atoms with Gasteiger partial charge in [-0.2, -0.15) is 0 Å². The van der Waals surface area contributed by atoms with Gasteiger partial charge in [0.15, 0.2) is 0 Å². The van der Waals surface area contributed by atoms with E-state index < -0.39 is 0 Å². The largest absolute Gasteiger partial charge is 0.361 e. The molecular formula is C12H14ClN. The summed E-state index contributed by atoms with van der Waals surface area (Å²) in [6.07, 6.45) is 10.8. The van der Waals surface area contributed by atoms with Crippen LogP contribution in [0.2, 0.25) is 0 Å². The Hall–Kier alpha value is -0.950. The summed E-state index contributed by atoms with van der Waals surface area (Å²) in [4.78, 5) is 3.29. The molecule has 1 aromatic heterocycles. The number of fused-ring (bicyclic) bond motifs is 1. The van der Waals surface area contributed by atoms with Gasteiger partial charge in [0.25, 0.3) is 0 Å². The van der Waals surface area contributed by atoms with E-state index in [1.165, 1.54) is 16.1 Å². The number of aromatic amines is 1. The Labute approximate surface area is 88.8 Å². The van der Waals surface area contributed by atoms with Gasteiger partial charge in [-0.1, -0.05) is 30.3 Å². The summed E-state index contributed by atoms with van der Waals surface area (Å²) in [7, 11) is 0. The predicted octanol–water partition coefficient (Wildman–Crippen LogP) is 2.05. The highest BCUT2D eigenvalue weighted by molar-refractivity contribution is 6.29. The van der Waals surface area contributed by atoms with Crippen LogP contribution in [0.25, 0.3) is 12.2 Å². The molecule has 0 aliphatic heterocycles. The van der Waals surface area contributed by atoms with Crippen LogP contribution < -0.4 is 10.6 Å². The molecule has 1 aromatic rings. The molecule has 0 aromatic carbocycles. The molecule has 0 saturated carbocycles. The fraction of sp³-hybridized carbons (Fsp3) is 0.333. The summed E-state index contributed by atoms with van der Waals surface area (Å²) >= 11 is 5.76. The Morgan fingerprint density at radius 1 is 1.43 bits per heavy atom. The molecule has 1 nitrogen and oxygen atoms in total. The number of allylic oxidation sites excluding steroid dienone is 1. The van der Waals surface area contributed by atoms with Crippen LogP contribution in [0.5, 0.6) is 0 Å². The number of H-pyrrole nitrogens is 1. The van der Waals surface area contributed by atoms with Gasteiger partial charge in [0, 0.05) is 16.6 Å². The molecule has 1 heterocycles. The molecule has 2 heteroatoms. The first kappa shape index (κ1) is 9.60. The monoisotopic (exact) mass is 207 g/mol. The Bertz CT molecular complexity index is 453. The summed E-state index contributed by atoms with van der Waals surface area (Å²) in [6, 6.07) is 0. The highest BCUT2D eigenvalue weighted by Crippen LogP contribution is 2.07.